The summed E-state index contributed by atoms with van der Waals surface area (Å²) in [4.78, 5) is 49.6. The highest BCUT2D eigenvalue weighted by Gasteiger charge is 2.31. The predicted octanol–water partition coefficient (Wildman–Crippen LogP) is 4.12. The molecule has 0 aliphatic rings. The fourth-order valence-electron chi connectivity index (χ4n) is 2.67. The van der Waals surface area contributed by atoms with Gasteiger partial charge in [0.25, 0.3) is 0 Å². The van der Waals surface area contributed by atoms with Gasteiger partial charge in [0.15, 0.2) is 0 Å². The summed E-state index contributed by atoms with van der Waals surface area (Å²) in [6.07, 6.45) is 0.569. The zero-order valence-corrected chi connectivity index (χ0v) is 18.9. The third-order valence-corrected chi connectivity index (χ3v) is 7.03. The van der Waals surface area contributed by atoms with Gasteiger partial charge in [-0.05, 0) is 5.92 Å². The summed E-state index contributed by atoms with van der Waals surface area (Å²) in [5, 5.41) is 10.6. The molecule has 0 fully saturated rings. The van der Waals surface area contributed by atoms with E-state index in [2.05, 4.69) is 5.32 Å². The zero-order chi connectivity index (χ0) is 22.8. The number of carboxylic acids is 1. The average molecular weight is 460 g/mol. The molecule has 0 radical (unpaired) electrons. The molecule has 6 nitrogen and oxygen atoms in total. The molecule has 0 saturated carbocycles. The van der Waals surface area contributed by atoms with E-state index in [9.17, 15) is 24.3 Å². The smallest absolute Gasteiger partial charge is 0.326 e. The molecule has 8 heteroatoms. The van der Waals surface area contributed by atoms with Gasteiger partial charge in [0.2, 0.25) is 16.1 Å². The van der Waals surface area contributed by atoms with Crippen molar-refractivity contribution in [3.05, 3.63) is 71.8 Å². The molecule has 1 unspecified atom stereocenters. The van der Waals surface area contributed by atoms with Gasteiger partial charge < -0.3 is 10.4 Å². The number of carbonyl (C=O) groups excluding carboxylic acids is 3. The maximum Gasteiger partial charge on any atom is 0.326 e. The lowest BCUT2D eigenvalue weighted by Crippen LogP contribution is -2.48. The number of rotatable bonds is 10. The van der Waals surface area contributed by atoms with Gasteiger partial charge in [-0.3, -0.25) is 14.4 Å². The van der Waals surface area contributed by atoms with Crippen LogP contribution in [0.4, 0.5) is 0 Å². The number of thioether (sulfide) groups is 2. The van der Waals surface area contributed by atoms with E-state index in [1.807, 2.05) is 6.92 Å². The maximum absolute atomic E-state index is 12.9. The Labute approximate surface area is 190 Å². The second-order valence-corrected chi connectivity index (χ2v) is 9.10. The van der Waals surface area contributed by atoms with Gasteiger partial charge in [-0.25, -0.2) is 4.79 Å². The third kappa shape index (κ3) is 7.56. The topological polar surface area (TPSA) is 101 Å². The van der Waals surface area contributed by atoms with Crippen LogP contribution in [0.5, 0.6) is 0 Å². The van der Waals surface area contributed by atoms with E-state index in [0.717, 1.165) is 23.5 Å². The second-order valence-electron chi connectivity index (χ2n) is 6.93. The molecular formula is C23H25NO5S2. The summed E-state index contributed by atoms with van der Waals surface area (Å²) in [6, 6.07) is 16.1. The Morgan fingerprint density at radius 2 is 1.42 bits per heavy atom. The fraction of sp³-hybridized carbons (Fsp3) is 0.304. The summed E-state index contributed by atoms with van der Waals surface area (Å²) in [7, 11) is 0. The number of carbonyl (C=O) groups is 4. The van der Waals surface area contributed by atoms with Gasteiger partial charge in [0.05, 0.1) is 0 Å². The predicted molar refractivity (Wildman–Crippen MR) is 124 cm³/mol. The van der Waals surface area contributed by atoms with Crippen LogP contribution in [-0.4, -0.2) is 44.3 Å². The molecule has 0 aliphatic heterocycles. The Morgan fingerprint density at radius 1 is 0.903 bits per heavy atom. The van der Waals surface area contributed by atoms with E-state index >= 15 is 0 Å². The van der Waals surface area contributed by atoms with Crippen LogP contribution in [0.3, 0.4) is 0 Å². The first-order valence-corrected chi connectivity index (χ1v) is 11.7. The highest BCUT2D eigenvalue weighted by atomic mass is 32.2. The largest absolute Gasteiger partial charge is 0.480 e. The van der Waals surface area contributed by atoms with Gasteiger partial charge in [-0.1, -0.05) is 104 Å². The van der Waals surface area contributed by atoms with Gasteiger partial charge in [0.1, 0.15) is 11.3 Å². The van der Waals surface area contributed by atoms with Crippen molar-refractivity contribution in [2.45, 2.75) is 31.6 Å². The Morgan fingerprint density at radius 3 is 1.90 bits per heavy atom. The SMILES string of the molecule is CC[C@H](C)[C@H](NC(=O)C(CSC(=O)c1ccccc1)SC(=O)c1ccccc1)C(=O)O. The van der Waals surface area contributed by atoms with Gasteiger partial charge in [0, 0.05) is 16.9 Å². The van der Waals surface area contributed by atoms with Crippen molar-refractivity contribution in [2.75, 3.05) is 5.75 Å². The minimum Gasteiger partial charge on any atom is -0.480 e. The highest BCUT2D eigenvalue weighted by molar-refractivity contribution is 8.18. The Hall–Kier alpha value is -2.58. The number of carboxylic acid groups (broad SMARTS) is 1. The molecule has 0 bridgehead atoms. The minimum atomic E-state index is -1.13. The molecule has 0 spiro atoms. The molecule has 2 N–H and O–H groups in total. The monoisotopic (exact) mass is 459 g/mol. The molecule has 2 aromatic carbocycles. The molecule has 0 heterocycles. The van der Waals surface area contributed by atoms with Crippen LogP contribution in [-0.2, 0) is 9.59 Å². The van der Waals surface area contributed by atoms with E-state index in [-0.39, 0.29) is 21.9 Å². The van der Waals surface area contributed by atoms with E-state index in [0.29, 0.717) is 17.5 Å². The lowest BCUT2D eigenvalue weighted by molar-refractivity contribution is -0.143. The molecule has 0 aliphatic carbocycles. The van der Waals surface area contributed by atoms with Crippen LogP contribution in [0.15, 0.2) is 60.7 Å². The van der Waals surface area contributed by atoms with Crippen LogP contribution in [0.1, 0.15) is 41.0 Å². The van der Waals surface area contributed by atoms with Crippen molar-refractivity contribution >= 4 is 45.6 Å². The maximum atomic E-state index is 12.9. The van der Waals surface area contributed by atoms with E-state index in [4.69, 9.17) is 0 Å². The minimum absolute atomic E-state index is 0.0373. The van der Waals surface area contributed by atoms with Crippen LogP contribution in [0.25, 0.3) is 0 Å². The van der Waals surface area contributed by atoms with Crippen molar-refractivity contribution in [2.24, 2.45) is 5.92 Å². The lowest BCUT2D eigenvalue weighted by atomic mass is 9.99. The van der Waals surface area contributed by atoms with E-state index in [1.165, 1.54) is 0 Å². The molecule has 0 aromatic heterocycles. The Balaban J connectivity index is 2.15. The number of amides is 1. The molecule has 2 aromatic rings. The molecule has 31 heavy (non-hydrogen) atoms. The first-order valence-electron chi connectivity index (χ1n) is 9.84. The number of aliphatic carboxylic acids is 1. The number of hydrogen-bond acceptors (Lipinski definition) is 6. The second kappa shape index (κ2) is 12.3. The molecular weight excluding hydrogens is 434 g/mol. The number of hydrogen-bond donors (Lipinski definition) is 2. The molecule has 3 atom stereocenters. The van der Waals surface area contributed by atoms with Gasteiger partial charge in [-0.15, -0.1) is 0 Å². The first kappa shape index (κ1) is 24.7. The van der Waals surface area contributed by atoms with E-state index in [1.54, 1.807) is 67.6 Å². The van der Waals surface area contributed by atoms with Gasteiger partial charge in [-0.2, -0.15) is 0 Å². The molecule has 1 amide bonds. The summed E-state index contributed by atoms with van der Waals surface area (Å²) in [5.41, 5.74) is 0.926. The van der Waals surface area contributed by atoms with E-state index < -0.39 is 23.2 Å². The summed E-state index contributed by atoms with van der Waals surface area (Å²) < 4.78 is 0. The average Bonchev–Trinajstić information content (AvgIpc) is 2.80. The summed E-state index contributed by atoms with van der Waals surface area (Å²) in [6.45, 7) is 3.58. The van der Waals surface area contributed by atoms with Crippen LogP contribution in [0, 0.1) is 5.92 Å². The van der Waals surface area contributed by atoms with Crippen LogP contribution in [0.2, 0.25) is 0 Å². The number of benzene rings is 2. The fourth-order valence-corrected chi connectivity index (χ4v) is 4.61. The molecule has 0 saturated heterocycles. The first-order chi connectivity index (χ1) is 14.8. The Bertz CT molecular complexity index is 905. The molecule has 164 valence electrons. The Kier molecular flexibility index (Phi) is 9.81. The van der Waals surface area contributed by atoms with Crippen molar-refractivity contribution in [1.82, 2.24) is 5.32 Å². The van der Waals surface area contributed by atoms with Crippen molar-refractivity contribution in [3.63, 3.8) is 0 Å². The molecule has 2 rings (SSSR count). The normalized spacial score (nSPS) is 13.6. The van der Waals surface area contributed by atoms with Crippen LogP contribution < -0.4 is 5.32 Å². The summed E-state index contributed by atoms with van der Waals surface area (Å²) in [5.74, 6) is -1.95. The quantitative estimate of drug-likeness (QED) is 0.551. The van der Waals surface area contributed by atoms with Crippen molar-refractivity contribution < 1.29 is 24.3 Å². The zero-order valence-electron chi connectivity index (χ0n) is 17.3. The van der Waals surface area contributed by atoms with Crippen molar-refractivity contribution in [3.8, 4) is 0 Å². The third-order valence-electron chi connectivity index (χ3n) is 4.70. The highest BCUT2D eigenvalue weighted by Crippen LogP contribution is 2.24. The van der Waals surface area contributed by atoms with Crippen LogP contribution >= 0.6 is 23.5 Å². The van der Waals surface area contributed by atoms with Gasteiger partial charge >= 0.3 is 5.97 Å². The lowest BCUT2D eigenvalue weighted by Gasteiger charge is -2.23. The summed E-state index contributed by atoms with van der Waals surface area (Å²) >= 11 is 1.73. The standard InChI is InChI=1S/C23H25NO5S2/c1-3-15(2)19(21(26)27)24-20(25)18(31-23(29)17-12-8-5-9-13-17)14-30-22(28)16-10-6-4-7-11-16/h4-13,15,18-19H,3,14H2,1-2H3,(H,24,25)(H,26,27)/t15-,18?,19-/m0/s1. The number of nitrogens with one attached hydrogen (secondary N) is 1. The van der Waals surface area contributed by atoms with Crippen molar-refractivity contribution in [1.29, 1.82) is 0 Å².